The summed E-state index contributed by atoms with van der Waals surface area (Å²) in [4.78, 5) is 0.918. The zero-order valence-electron chi connectivity index (χ0n) is 11.1. The number of hydrogen-bond donors (Lipinski definition) is 1. The summed E-state index contributed by atoms with van der Waals surface area (Å²) in [6, 6.07) is 7.74. The van der Waals surface area contributed by atoms with E-state index >= 15 is 0 Å². The number of ether oxygens (including phenoxy) is 1. The number of hydrogen-bond acceptors (Lipinski definition) is 3. The predicted molar refractivity (Wildman–Crippen MR) is 80.7 cm³/mol. The SMILES string of the molecule is CCNC(c1cc(Br)cs1)c1ccccc1OC(F)(F)F. The molecule has 0 aliphatic heterocycles. The molecule has 0 aliphatic rings. The van der Waals surface area contributed by atoms with Crippen LogP contribution in [0.25, 0.3) is 0 Å². The second kappa shape index (κ2) is 6.81. The fraction of sp³-hybridized carbons (Fsp3) is 0.286. The van der Waals surface area contributed by atoms with Crippen molar-refractivity contribution in [3.05, 3.63) is 50.6 Å². The Kier molecular flexibility index (Phi) is 5.29. The van der Waals surface area contributed by atoms with Crippen LogP contribution < -0.4 is 10.1 Å². The number of alkyl halides is 3. The maximum absolute atomic E-state index is 12.5. The van der Waals surface area contributed by atoms with Crippen LogP contribution in [0.4, 0.5) is 13.2 Å². The van der Waals surface area contributed by atoms with Crippen molar-refractivity contribution in [1.29, 1.82) is 0 Å². The molecule has 2 rings (SSSR count). The van der Waals surface area contributed by atoms with Gasteiger partial charge in [-0.25, -0.2) is 0 Å². The minimum atomic E-state index is -4.71. The van der Waals surface area contributed by atoms with Gasteiger partial charge in [0, 0.05) is 20.3 Å². The summed E-state index contributed by atoms with van der Waals surface area (Å²) < 4.78 is 42.6. The van der Waals surface area contributed by atoms with Crippen LogP contribution in [-0.4, -0.2) is 12.9 Å². The zero-order valence-corrected chi connectivity index (χ0v) is 13.5. The Morgan fingerprint density at radius 2 is 2.05 bits per heavy atom. The molecule has 0 spiro atoms. The quantitative estimate of drug-likeness (QED) is 0.779. The van der Waals surface area contributed by atoms with E-state index in [9.17, 15) is 13.2 Å². The van der Waals surface area contributed by atoms with Gasteiger partial charge in [0.2, 0.25) is 0 Å². The Labute approximate surface area is 133 Å². The van der Waals surface area contributed by atoms with Crippen molar-refractivity contribution in [1.82, 2.24) is 5.32 Å². The normalized spacial score (nSPS) is 13.2. The summed E-state index contributed by atoms with van der Waals surface area (Å²) in [6.45, 7) is 2.53. The number of nitrogens with one attached hydrogen (secondary N) is 1. The number of benzene rings is 1. The summed E-state index contributed by atoms with van der Waals surface area (Å²) in [5.41, 5.74) is 0.464. The molecule has 0 saturated heterocycles. The molecule has 0 fully saturated rings. The predicted octanol–water partition coefficient (Wildman–Crippen LogP) is 5.11. The largest absolute Gasteiger partial charge is 0.573 e. The number of para-hydroxylation sites is 1. The molecular weight excluding hydrogens is 367 g/mol. The van der Waals surface area contributed by atoms with E-state index in [0.717, 1.165) is 9.35 Å². The van der Waals surface area contributed by atoms with E-state index in [-0.39, 0.29) is 11.8 Å². The highest BCUT2D eigenvalue weighted by molar-refractivity contribution is 9.10. The van der Waals surface area contributed by atoms with Crippen LogP contribution in [0.2, 0.25) is 0 Å². The van der Waals surface area contributed by atoms with Gasteiger partial charge in [0.05, 0.1) is 6.04 Å². The fourth-order valence-electron chi connectivity index (χ4n) is 1.98. The lowest BCUT2D eigenvalue weighted by atomic mass is 10.0. The number of thiophene rings is 1. The third-order valence-corrected chi connectivity index (χ3v) is 4.49. The monoisotopic (exact) mass is 379 g/mol. The highest BCUT2D eigenvalue weighted by atomic mass is 79.9. The van der Waals surface area contributed by atoms with Crippen molar-refractivity contribution >= 4 is 27.3 Å². The lowest BCUT2D eigenvalue weighted by molar-refractivity contribution is -0.275. The summed E-state index contributed by atoms with van der Waals surface area (Å²) in [6.07, 6.45) is -4.71. The van der Waals surface area contributed by atoms with Crippen molar-refractivity contribution < 1.29 is 17.9 Å². The molecule has 21 heavy (non-hydrogen) atoms. The lowest BCUT2D eigenvalue weighted by Crippen LogP contribution is -2.24. The molecule has 1 aromatic carbocycles. The van der Waals surface area contributed by atoms with E-state index in [1.807, 2.05) is 18.4 Å². The average Bonchev–Trinajstić information content (AvgIpc) is 2.82. The molecule has 1 unspecified atom stereocenters. The van der Waals surface area contributed by atoms with Crippen LogP contribution >= 0.6 is 27.3 Å². The summed E-state index contributed by atoms with van der Waals surface area (Å²) in [5, 5.41) is 5.09. The molecule has 0 aliphatic carbocycles. The molecule has 1 atom stereocenters. The smallest absolute Gasteiger partial charge is 0.405 e. The van der Waals surface area contributed by atoms with Crippen molar-refractivity contribution in [2.45, 2.75) is 19.3 Å². The second-order valence-electron chi connectivity index (χ2n) is 4.24. The van der Waals surface area contributed by atoms with Crippen LogP contribution in [0.15, 0.2) is 40.2 Å². The van der Waals surface area contributed by atoms with E-state index < -0.39 is 6.36 Å². The van der Waals surface area contributed by atoms with Gasteiger partial charge < -0.3 is 10.1 Å². The fourth-order valence-corrected chi connectivity index (χ4v) is 3.52. The Bertz CT molecular complexity index is 600. The minimum Gasteiger partial charge on any atom is -0.405 e. The first-order valence-corrected chi connectivity index (χ1v) is 7.90. The van der Waals surface area contributed by atoms with Crippen molar-refractivity contribution in [2.24, 2.45) is 0 Å². The van der Waals surface area contributed by atoms with Crippen molar-refractivity contribution in [3.8, 4) is 5.75 Å². The lowest BCUT2D eigenvalue weighted by Gasteiger charge is -2.21. The maximum Gasteiger partial charge on any atom is 0.573 e. The molecular formula is C14H13BrF3NOS. The second-order valence-corrected chi connectivity index (χ2v) is 6.10. The van der Waals surface area contributed by atoms with Gasteiger partial charge in [-0.3, -0.25) is 0 Å². The molecule has 1 heterocycles. The molecule has 7 heteroatoms. The third kappa shape index (κ3) is 4.46. The highest BCUT2D eigenvalue weighted by Gasteiger charge is 2.33. The molecule has 2 aromatic rings. The average molecular weight is 380 g/mol. The standard InChI is InChI=1S/C14H13BrF3NOS/c1-2-19-13(12-7-9(15)8-21-12)10-5-3-4-6-11(10)20-14(16,17)18/h3-8,13,19H,2H2,1H3. The van der Waals surface area contributed by atoms with Crippen molar-refractivity contribution in [2.75, 3.05) is 6.54 Å². The van der Waals surface area contributed by atoms with E-state index in [0.29, 0.717) is 12.1 Å². The molecule has 0 saturated carbocycles. The first kappa shape index (κ1) is 16.3. The van der Waals surface area contributed by atoms with Gasteiger partial charge in [0.1, 0.15) is 5.75 Å². The van der Waals surface area contributed by atoms with Crippen LogP contribution in [-0.2, 0) is 0 Å². The molecule has 1 N–H and O–H groups in total. The van der Waals surface area contributed by atoms with E-state index in [2.05, 4.69) is 26.0 Å². The van der Waals surface area contributed by atoms with Gasteiger partial charge in [0.15, 0.2) is 0 Å². The molecule has 0 radical (unpaired) electrons. The number of rotatable bonds is 5. The molecule has 0 amide bonds. The number of halogens is 4. The Balaban J connectivity index is 2.41. The molecule has 0 bridgehead atoms. The Hall–Kier alpha value is -1.05. The maximum atomic E-state index is 12.5. The summed E-state index contributed by atoms with van der Waals surface area (Å²) in [7, 11) is 0. The van der Waals surface area contributed by atoms with Gasteiger partial charge in [-0.05, 0) is 34.6 Å². The first-order chi connectivity index (χ1) is 9.90. The first-order valence-electron chi connectivity index (χ1n) is 6.22. The molecule has 114 valence electrons. The Morgan fingerprint density at radius 3 is 2.62 bits per heavy atom. The van der Waals surface area contributed by atoms with Gasteiger partial charge in [-0.1, -0.05) is 25.1 Å². The minimum absolute atomic E-state index is 0.180. The van der Waals surface area contributed by atoms with Gasteiger partial charge >= 0.3 is 6.36 Å². The third-order valence-electron chi connectivity index (χ3n) is 2.74. The molecule has 1 aromatic heterocycles. The van der Waals surface area contributed by atoms with Crippen LogP contribution in [0.3, 0.4) is 0 Å². The van der Waals surface area contributed by atoms with Crippen LogP contribution in [0.1, 0.15) is 23.4 Å². The zero-order chi connectivity index (χ0) is 15.5. The van der Waals surface area contributed by atoms with E-state index in [4.69, 9.17) is 0 Å². The van der Waals surface area contributed by atoms with E-state index in [1.165, 1.54) is 23.5 Å². The summed E-state index contributed by atoms with van der Waals surface area (Å²) >= 11 is 4.84. The Morgan fingerprint density at radius 1 is 1.33 bits per heavy atom. The summed E-state index contributed by atoms with van der Waals surface area (Å²) in [5.74, 6) is -0.180. The van der Waals surface area contributed by atoms with Crippen LogP contribution in [0, 0.1) is 0 Å². The topological polar surface area (TPSA) is 21.3 Å². The van der Waals surface area contributed by atoms with Crippen molar-refractivity contribution in [3.63, 3.8) is 0 Å². The molecule has 2 nitrogen and oxygen atoms in total. The van der Waals surface area contributed by atoms with Gasteiger partial charge in [-0.15, -0.1) is 24.5 Å². The van der Waals surface area contributed by atoms with Gasteiger partial charge in [-0.2, -0.15) is 0 Å². The van der Waals surface area contributed by atoms with E-state index in [1.54, 1.807) is 12.1 Å². The van der Waals surface area contributed by atoms with Crippen LogP contribution in [0.5, 0.6) is 5.75 Å². The van der Waals surface area contributed by atoms with Gasteiger partial charge in [0.25, 0.3) is 0 Å². The highest BCUT2D eigenvalue weighted by Crippen LogP contribution is 2.36.